The molecule has 2 rings (SSSR count). The number of benzene rings is 1. The van der Waals surface area contributed by atoms with Gasteiger partial charge in [-0.2, -0.15) is 31.4 Å². The summed E-state index contributed by atoms with van der Waals surface area (Å²) in [6.07, 6.45) is -10.0. The Hall–Kier alpha value is -2.52. The van der Waals surface area contributed by atoms with Crippen LogP contribution in [0.2, 0.25) is 0 Å². The van der Waals surface area contributed by atoms with Gasteiger partial charge in [0.05, 0.1) is 11.1 Å². The quantitative estimate of drug-likeness (QED) is 0.766. The van der Waals surface area contributed by atoms with Gasteiger partial charge in [0, 0.05) is 17.3 Å². The van der Waals surface area contributed by atoms with Crippen LogP contribution in [0.25, 0.3) is 0 Å². The Labute approximate surface area is 138 Å². The molecule has 1 aromatic heterocycles. The van der Waals surface area contributed by atoms with Crippen molar-refractivity contribution < 1.29 is 31.1 Å². The predicted octanol–water partition coefficient (Wildman–Crippen LogP) is 4.82. The number of alkyl halides is 6. The van der Waals surface area contributed by atoms with Crippen molar-refractivity contribution in [2.24, 2.45) is 0 Å². The van der Waals surface area contributed by atoms with Crippen molar-refractivity contribution in [2.45, 2.75) is 32.1 Å². The van der Waals surface area contributed by atoms with Crippen molar-refractivity contribution in [3.8, 4) is 0 Å². The first-order valence-corrected chi connectivity index (χ1v) is 7.04. The van der Waals surface area contributed by atoms with Crippen LogP contribution in [0.5, 0.6) is 0 Å². The molecule has 2 aromatic rings. The molecule has 0 atom stereocenters. The largest absolute Gasteiger partial charge is 0.416 e. The molecule has 1 aromatic carbocycles. The van der Waals surface area contributed by atoms with E-state index in [1.54, 1.807) is 0 Å². The first-order valence-electron chi connectivity index (χ1n) is 7.04. The molecule has 0 aliphatic heterocycles. The minimum absolute atomic E-state index is 0.000305. The van der Waals surface area contributed by atoms with E-state index in [2.05, 4.69) is 15.5 Å². The van der Waals surface area contributed by atoms with Gasteiger partial charge in [0.25, 0.3) is 5.91 Å². The summed E-state index contributed by atoms with van der Waals surface area (Å²) in [5.41, 5.74) is -3.23. The number of hydrogen-bond donors (Lipinski definition) is 2. The number of hydrogen-bond acceptors (Lipinski definition) is 2. The third-order valence-corrected chi connectivity index (χ3v) is 3.31. The average Bonchev–Trinajstić information content (AvgIpc) is 2.93. The van der Waals surface area contributed by atoms with Crippen molar-refractivity contribution in [1.82, 2.24) is 10.2 Å². The second-order valence-electron chi connectivity index (χ2n) is 5.61. The van der Waals surface area contributed by atoms with Crippen molar-refractivity contribution >= 4 is 11.7 Å². The Morgan fingerprint density at radius 3 is 1.92 bits per heavy atom. The van der Waals surface area contributed by atoms with Gasteiger partial charge in [-0.1, -0.05) is 13.8 Å². The van der Waals surface area contributed by atoms with Crippen LogP contribution in [0.1, 0.15) is 46.9 Å². The van der Waals surface area contributed by atoms with Gasteiger partial charge in [-0.15, -0.1) is 0 Å². The summed E-state index contributed by atoms with van der Waals surface area (Å²) in [5, 5.41) is 8.53. The van der Waals surface area contributed by atoms with E-state index in [9.17, 15) is 31.1 Å². The molecule has 0 fully saturated rings. The normalized spacial score (nSPS) is 12.5. The van der Waals surface area contributed by atoms with E-state index in [1.807, 2.05) is 13.8 Å². The van der Waals surface area contributed by atoms with Gasteiger partial charge in [0.15, 0.2) is 5.82 Å². The summed E-state index contributed by atoms with van der Waals surface area (Å²) in [6, 6.07) is 2.13. The van der Waals surface area contributed by atoms with E-state index >= 15 is 0 Å². The zero-order valence-electron chi connectivity index (χ0n) is 13.0. The second kappa shape index (κ2) is 6.41. The van der Waals surface area contributed by atoms with Crippen molar-refractivity contribution in [3.05, 3.63) is 46.6 Å². The van der Waals surface area contributed by atoms with Crippen molar-refractivity contribution in [1.29, 1.82) is 0 Å². The van der Waals surface area contributed by atoms with Crippen LogP contribution < -0.4 is 5.32 Å². The lowest BCUT2D eigenvalue weighted by molar-refractivity contribution is -0.143. The van der Waals surface area contributed by atoms with Crippen molar-refractivity contribution in [2.75, 3.05) is 5.32 Å². The number of nitrogens with one attached hydrogen (secondary N) is 2. The van der Waals surface area contributed by atoms with Gasteiger partial charge in [-0.25, -0.2) is 0 Å². The molecule has 0 aliphatic carbocycles. The summed E-state index contributed by atoms with van der Waals surface area (Å²) in [4.78, 5) is 12.1. The summed E-state index contributed by atoms with van der Waals surface area (Å²) >= 11 is 0. The molecule has 25 heavy (non-hydrogen) atoms. The van der Waals surface area contributed by atoms with Crippen molar-refractivity contribution in [3.63, 3.8) is 0 Å². The molecule has 0 saturated carbocycles. The molecule has 0 unspecified atom stereocenters. The number of nitrogens with zero attached hydrogens (tertiary/aromatic N) is 1. The summed E-state index contributed by atoms with van der Waals surface area (Å²) < 4.78 is 76.8. The molecular formula is C15H13F6N3O. The average molecular weight is 365 g/mol. The van der Waals surface area contributed by atoms with Gasteiger partial charge in [0.1, 0.15) is 0 Å². The predicted molar refractivity (Wildman–Crippen MR) is 77.1 cm³/mol. The Kier molecular flexibility index (Phi) is 4.83. The maximum Gasteiger partial charge on any atom is 0.416 e. The molecule has 0 radical (unpaired) electrons. The first kappa shape index (κ1) is 18.8. The highest BCUT2D eigenvalue weighted by Crippen LogP contribution is 2.36. The molecule has 10 heteroatoms. The fourth-order valence-electron chi connectivity index (χ4n) is 1.97. The maximum atomic E-state index is 12.8. The fraction of sp³-hybridized carbons (Fsp3) is 0.333. The van der Waals surface area contributed by atoms with Gasteiger partial charge >= 0.3 is 12.4 Å². The lowest BCUT2D eigenvalue weighted by Crippen LogP contribution is -2.17. The smallest absolute Gasteiger partial charge is 0.305 e. The van der Waals surface area contributed by atoms with Crippen LogP contribution in [-0.2, 0) is 12.4 Å². The molecule has 4 nitrogen and oxygen atoms in total. The van der Waals surface area contributed by atoms with Gasteiger partial charge < -0.3 is 5.32 Å². The highest BCUT2D eigenvalue weighted by molar-refractivity contribution is 6.04. The van der Waals surface area contributed by atoms with Crippen LogP contribution >= 0.6 is 0 Å². The highest BCUT2D eigenvalue weighted by Gasteiger charge is 2.37. The van der Waals surface area contributed by atoms with Crippen LogP contribution in [0.4, 0.5) is 32.2 Å². The van der Waals surface area contributed by atoms with E-state index < -0.39 is 35.0 Å². The molecule has 0 spiro atoms. The zero-order valence-corrected chi connectivity index (χ0v) is 13.0. The van der Waals surface area contributed by atoms with E-state index in [1.165, 1.54) is 6.07 Å². The zero-order chi connectivity index (χ0) is 19.0. The Bertz CT molecular complexity index is 744. The summed E-state index contributed by atoms with van der Waals surface area (Å²) in [7, 11) is 0. The lowest BCUT2D eigenvalue weighted by atomic mass is 10.0. The Morgan fingerprint density at radius 1 is 1.00 bits per heavy atom. The molecule has 1 amide bonds. The van der Waals surface area contributed by atoms with Gasteiger partial charge in [0.2, 0.25) is 0 Å². The van der Waals surface area contributed by atoms with Gasteiger partial charge in [-0.3, -0.25) is 9.89 Å². The molecule has 0 bridgehead atoms. The van der Waals surface area contributed by atoms with E-state index in [-0.39, 0.29) is 17.8 Å². The van der Waals surface area contributed by atoms with Crippen LogP contribution in [0.15, 0.2) is 24.3 Å². The standard InChI is InChI=1S/C15H13F6N3O/c1-7(2)11-6-12(24-23-11)22-13(25)8-3-9(14(16,17)18)5-10(4-8)15(19,20)21/h3-7H,1-2H3,(H2,22,23,24,25). The third kappa shape index (κ3) is 4.52. The van der Waals surface area contributed by atoms with E-state index in [0.29, 0.717) is 17.8 Å². The SMILES string of the molecule is CC(C)c1cc(NC(=O)c2cc(C(F)(F)F)cc(C(F)(F)F)c2)n[nH]1. The third-order valence-electron chi connectivity index (χ3n) is 3.31. The topological polar surface area (TPSA) is 57.8 Å². The van der Waals surface area contributed by atoms with E-state index in [0.717, 1.165) is 0 Å². The number of amides is 1. The number of anilines is 1. The number of carbonyl (C=O) groups excluding carboxylic acids is 1. The molecule has 1 heterocycles. The molecule has 136 valence electrons. The van der Waals surface area contributed by atoms with Crippen LogP contribution in [0.3, 0.4) is 0 Å². The number of aromatic amines is 1. The first-order chi connectivity index (χ1) is 11.4. The summed E-state index contributed by atoms with van der Waals surface area (Å²) in [5.74, 6) is -1.08. The minimum Gasteiger partial charge on any atom is -0.305 e. The van der Waals surface area contributed by atoms with E-state index in [4.69, 9.17) is 0 Å². The van der Waals surface area contributed by atoms with Crippen LogP contribution in [-0.4, -0.2) is 16.1 Å². The summed E-state index contributed by atoms with van der Waals surface area (Å²) in [6.45, 7) is 3.67. The molecule has 0 aliphatic rings. The molecular weight excluding hydrogens is 352 g/mol. The van der Waals surface area contributed by atoms with Crippen LogP contribution in [0, 0.1) is 0 Å². The number of H-pyrrole nitrogens is 1. The Morgan fingerprint density at radius 2 is 1.52 bits per heavy atom. The lowest BCUT2D eigenvalue weighted by Gasteiger charge is -2.13. The molecule has 0 saturated heterocycles. The fourth-order valence-corrected chi connectivity index (χ4v) is 1.97. The Balaban J connectivity index is 2.37. The van der Waals surface area contributed by atoms with Gasteiger partial charge in [-0.05, 0) is 24.1 Å². The highest BCUT2D eigenvalue weighted by atomic mass is 19.4. The number of halogens is 6. The number of aromatic nitrogens is 2. The minimum atomic E-state index is -5.02. The maximum absolute atomic E-state index is 12.8. The monoisotopic (exact) mass is 365 g/mol. The number of rotatable bonds is 3. The molecule has 2 N–H and O–H groups in total. The number of carbonyl (C=O) groups is 1. The second-order valence-corrected chi connectivity index (χ2v) is 5.61.